The second kappa shape index (κ2) is 2.77. The lowest BCUT2D eigenvalue weighted by Gasteiger charge is -2.21. The van der Waals surface area contributed by atoms with E-state index in [1.54, 1.807) is 0 Å². The predicted octanol–water partition coefficient (Wildman–Crippen LogP) is -0.237. The van der Waals surface area contributed by atoms with Gasteiger partial charge in [0.05, 0.1) is 0 Å². The SMILES string of the molecule is CC(CC1CC1)(C(N)=O)C(N)=O. The zero-order chi connectivity index (χ0) is 9.35. The first-order chi connectivity index (χ1) is 5.47. The van der Waals surface area contributed by atoms with Gasteiger partial charge >= 0.3 is 0 Å². The predicted molar refractivity (Wildman–Crippen MR) is 43.8 cm³/mol. The molecule has 1 aliphatic rings. The van der Waals surface area contributed by atoms with Crippen molar-refractivity contribution in [1.82, 2.24) is 0 Å². The summed E-state index contributed by atoms with van der Waals surface area (Å²) in [6.07, 6.45) is 2.67. The van der Waals surface area contributed by atoms with Crippen molar-refractivity contribution in [3.05, 3.63) is 0 Å². The fraction of sp³-hybridized carbons (Fsp3) is 0.750. The Hall–Kier alpha value is -1.06. The van der Waals surface area contributed by atoms with Crippen LogP contribution in [0.1, 0.15) is 26.2 Å². The van der Waals surface area contributed by atoms with Crippen LogP contribution in [0.4, 0.5) is 0 Å². The molecule has 12 heavy (non-hydrogen) atoms. The number of hydrogen-bond donors (Lipinski definition) is 2. The number of carbonyl (C=O) groups is 2. The monoisotopic (exact) mass is 170 g/mol. The summed E-state index contributed by atoms with van der Waals surface area (Å²) in [5.74, 6) is -0.751. The molecule has 2 amide bonds. The van der Waals surface area contributed by atoms with E-state index in [9.17, 15) is 9.59 Å². The lowest BCUT2D eigenvalue weighted by atomic mass is 9.83. The average molecular weight is 170 g/mol. The van der Waals surface area contributed by atoms with Crippen LogP contribution in [0.2, 0.25) is 0 Å². The number of amides is 2. The van der Waals surface area contributed by atoms with E-state index in [2.05, 4.69) is 0 Å². The molecule has 0 aromatic heterocycles. The van der Waals surface area contributed by atoms with Crippen LogP contribution in [0.3, 0.4) is 0 Å². The smallest absolute Gasteiger partial charge is 0.232 e. The molecule has 0 radical (unpaired) electrons. The van der Waals surface area contributed by atoms with Gasteiger partial charge in [0, 0.05) is 0 Å². The molecule has 0 aromatic rings. The van der Waals surface area contributed by atoms with Crippen LogP contribution in [0, 0.1) is 11.3 Å². The van der Waals surface area contributed by atoms with Crippen LogP contribution >= 0.6 is 0 Å². The van der Waals surface area contributed by atoms with Crippen molar-refractivity contribution in [2.45, 2.75) is 26.2 Å². The summed E-state index contributed by atoms with van der Waals surface area (Å²) in [6.45, 7) is 1.52. The Balaban J connectivity index is 2.69. The molecule has 4 nitrogen and oxygen atoms in total. The zero-order valence-corrected chi connectivity index (χ0v) is 7.17. The van der Waals surface area contributed by atoms with Gasteiger partial charge in [-0.1, -0.05) is 12.8 Å². The van der Waals surface area contributed by atoms with Crippen molar-refractivity contribution in [3.8, 4) is 0 Å². The fourth-order valence-electron chi connectivity index (χ4n) is 1.22. The molecule has 0 aromatic carbocycles. The molecular weight excluding hydrogens is 156 g/mol. The second-order valence-electron chi connectivity index (χ2n) is 3.71. The van der Waals surface area contributed by atoms with Gasteiger partial charge in [0.2, 0.25) is 11.8 Å². The third-order valence-corrected chi connectivity index (χ3v) is 2.48. The summed E-state index contributed by atoms with van der Waals surface area (Å²) in [7, 11) is 0. The van der Waals surface area contributed by atoms with Gasteiger partial charge in [-0.3, -0.25) is 9.59 Å². The molecule has 0 saturated heterocycles. The van der Waals surface area contributed by atoms with Crippen molar-refractivity contribution in [1.29, 1.82) is 0 Å². The third-order valence-electron chi connectivity index (χ3n) is 2.48. The van der Waals surface area contributed by atoms with Gasteiger partial charge in [-0.05, 0) is 19.3 Å². The summed E-state index contributed by atoms with van der Waals surface area (Å²) in [5, 5.41) is 0. The number of carbonyl (C=O) groups excluding carboxylic acids is 2. The minimum Gasteiger partial charge on any atom is -0.369 e. The van der Waals surface area contributed by atoms with Gasteiger partial charge < -0.3 is 11.5 Å². The minimum atomic E-state index is -1.14. The zero-order valence-electron chi connectivity index (χ0n) is 7.17. The quantitative estimate of drug-likeness (QED) is 0.570. The van der Waals surface area contributed by atoms with Crippen molar-refractivity contribution >= 4 is 11.8 Å². The van der Waals surface area contributed by atoms with E-state index in [1.165, 1.54) is 6.92 Å². The Labute approximate surface area is 71.3 Å². The molecule has 1 aliphatic carbocycles. The van der Waals surface area contributed by atoms with E-state index in [-0.39, 0.29) is 0 Å². The topological polar surface area (TPSA) is 86.2 Å². The molecule has 1 fully saturated rings. The molecule has 68 valence electrons. The Morgan fingerprint density at radius 1 is 1.33 bits per heavy atom. The Morgan fingerprint density at radius 3 is 2.00 bits per heavy atom. The molecule has 0 unspecified atom stereocenters. The molecule has 0 spiro atoms. The van der Waals surface area contributed by atoms with E-state index in [0.717, 1.165) is 12.8 Å². The first kappa shape index (κ1) is 9.03. The number of primary amides is 2. The average Bonchev–Trinajstić information content (AvgIpc) is 2.70. The van der Waals surface area contributed by atoms with Crippen molar-refractivity contribution in [2.24, 2.45) is 22.8 Å². The summed E-state index contributed by atoms with van der Waals surface area (Å²) < 4.78 is 0. The molecule has 0 bridgehead atoms. The van der Waals surface area contributed by atoms with Crippen LogP contribution in [0.25, 0.3) is 0 Å². The van der Waals surface area contributed by atoms with Gasteiger partial charge in [0.25, 0.3) is 0 Å². The summed E-state index contributed by atoms with van der Waals surface area (Å²) in [5.41, 5.74) is 9.08. The highest BCUT2D eigenvalue weighted by Gasteiger charge is 2.42. The number of hydrogen-bond acceptors (Lipinski definition) is 2. The van der Waals surface area contributed by atoms with E-state index in [0.29, 0.717) is 12.3 Å². The van der Waals surface area contributed by atoms with Crippen molar-refractivity contribution in [3.63, 3.8) is 0 Å². The summed E-state index contributed by atoms with van der Waals surface area (Å²) in [6, 6.07) is 0. The van der Waals surface area contributed by atoms with E-state index < -0.39 is 17.2 Å². The fourth-order valence-corrected chi connectivity index (χ4v) is 1.22. The first-order valence-corrected chi connectivity index (χ1v) is 4.06. The van der Waals surface area contributed by atoms with Crippen LogP contribution in [0.5, 0.6) is 0 Å². The minimum absolute atomic E-state index is 0.468. The van der Waals surface area contributed by atoms with Crippen molar-refractivity contribution < 1.29 is 9.59 Å². The van der Waals surface area contributed by atoms with Crippen LogP contribution < -0.4 is 11.5 Å². The van der Waals surface area contributed by atoms with Gasteiger partial charge in [-0.25, -0.2) is 0 Å². The van der Waals surface area contributed by atoms with Crippen LogP contribution in [0.15, 0.2) is 0 Å². The molecular formula is C8H14N2O2. The normalized spacial score (nSPS) is 17.4. The molecule has 1 rings (SSSR count). The Morgan fingerprint density at radius 2 is 1.75 bits per heavy atom. The van der Waals surface area contributed by atoms with Crippen LogP contribution in [-0.4, -0.2) is 11.8 Å². The van der Waals surface area contributed by atoms with E-state index in [4.69, 9.17) is 11.5 Å². The highest BCUT2D eigenvalue weighted by Crippen LogP contribution is 2.40. The summed E-state index contributed by atoms with van der Waals surface area (Å²) in [4.78, 5) is 21.9. The highest BCUT2D eigenvalue weighted by atomic mass is 16.2. The first-order valence-electron chi connectivity index (χ1n) is 4.06. The van der Waals surface area contributed by atoms with Gasteiger partial charge in [-0.2, -0.15) is 0 Å². The maximum atomic E-state index is 10.9. The molecule has 1 saturated carbocycles. The number of nitrogens with two attached hydrogens (primary N) is 2. The standard InChI is InChI=1S/C8H14N2O2/c1-8(6(9)11,7(10)12)4-5-2-3-5/h5H,2-4H2,1H3,(H2,9,11)(H2,10,12). The third kappa shape index (κ3) is 1.57. The molecule has 0 atom stereocenters. The molecule has 4 heteroatoms. The Bertz CT molecular complexity index is 207. The number of rotatable bonds is 4. The molecule has 0 heterocycles. The summed E-state index contributed by atoms with van der Waals surface area (Å²) >= 11 is 0. The van der Waals surface area contributed by atoms with E-state index >= 15 is 0 Å². The second-order valence-corrected chi connectivity index (χ2v) is 3.71. The maximum absolute atomic E-state index is 10.9. The maximum Gasteiger partial charge on any atom is 0.232 e. The lowest BCUT2D eigenvalue weighted by Crippen LogP contribution is -2.45. The largest absolute Gasteiger partial charge is 0.369 e. The van der Waals surface area contributed by atoms with Gasteiger partial charge in [0.15, 0.2) is 0 Å². The lowest BCUT2D eigenvalue weighted by molar-refractivity contribution is -0.139. The Kier molecular flexibility index (Phi) is 2.08. The highest BCUT2D eigenvalue weighted by molar-refractivity contribution is 6.03. The molecule has 4 N–H and O–H groups in total. The van der Waals surface area contributed by atoms with Gasteiger partial charge in [-0.15, -0.1) is 0 Å². The van der Waals surface area contributed by atoms with Gasteiger partial charge in [0.1, 0.15) is 5.41 Å². The van der Waals surface area contributed by atoms with Crippen molar-refractivity contribution in [2.75, 3.05) is 0 Å². The van der Waals surface area contributed by atoms with E-state index in [1.807, 2.05) is 0 Å². The van der Waals surface area contributed by atoms with Crippen LogP contribution in [-0.2, 0) is 9.59 Å². The molecule has 0 aliphatic heterocycles.